The summed E-state index contributed by atoms with van der Waals surface area (Å²) < 4.78 is 0. The second kappa shape index (κ2) is 8.02. The Balaban J connectivity index is 2.50. The summed E-state index contributed by atoms with van der Waals surface area (Å²) in [4.78, 5) is 26.8. The molecule has 0 aliphatic carbocycles. The minimum atomic E-state index is -0.830. The molecule has 0 aromatic carbocycles. The first-order valence-corrected chi connectivity index (χ1v) is 7.95. The number of urea groups is 1. The zero-order valence-corrected chi connectivity index (χ0v) is 13.9. The number of hydrogen-bond donors (Lipinski definition) is 2. The molecule has 0 unspecified atom stereocenters. The highest BCUT2D eigenvalue weighted by molar-refractivity contribution is 7.12. The van der Waals surface area contributed by atoms with Crippen LogP contribution in [0.2, 0.25) is 0 Å². The fourth-order valence-electron chi connectivity index (χ4n) is 2.00. The normalized spacial score (nSPS) is 10.7. The molecule has 0 saturated heterocycles. The zero-order chi connectivity index (χ0) is 16.0. The highest BCUT2D eigenvalue weighted by Crippen LogP contribution is 2.20. The van der Waals surface area contributed by atoms with Crippen LogP contribution in [0.15, 0.2) is 6.07 Å². The largest absolute Gasteiger partial charge is 0.481 e. The number of carbonyl (C=O) groups excluding carboxylic acids is 1. The van der Waals surface area contributed by atoms with Crippen molar-refractivity contribution in [2.75, 3.05) is 6.54 Å². The van der Waals surface area contributed by atoms with E-state index in [1.165, 1.54) is 10.4 Å². The fourth-order valence-corrected chi connectivity index (χ4v) is 2.99. The average Bonchev–Trinajstić information content (AvgIpc) is 2.70. The fraction of sp³-hybridized carbons (Fsp3) is 0.600. The van der Waals surface area contributed by atoms with E-state index in [9.17, 15) is 9.59 Å². The number of carbonyl (C=O) groups is 2. The molecule has 5 nitrogen and oxygen atoms in total. The Morgan fingerprint density at radius 2 is 2.05 bits per heavy atom. The lowest BCUT2D eigenvalue weighted by Gasteiger charge is -2.26. The van der Waals surface area contributed by atoms with Gasteiger partial charge in [0.1, 0.15) is 0 Å². The summed E-state index contributed by atoms with van der Waals surface area (Å²) >= 11 is 1.69. The van der Waals surface area contributed by atoms with E-state index in [2.05, 4.69) is 25.2 Å². The maximum Gasteiger partial charge on any atom is 0.317 e. The van der Waals surface area contributed by atoms with Crippen molar-refractivity contribution in [1.82, 2.24) is 10.2 Å². The van der Waals surface area contributed by atoms with Crippen LogP contribution in [0.25, 0.3) is 0 Å². The number of amides is 2. The Morgan fingerprint density at radius 1 is 1.38 bits per heavy atom. The van der Waals surface area contributed by atoms with Crippen LogP contribution >= 0.6 is 11.3 Å². The quantitative estimate of drug-likeness (QED) is 0.812. The number of carboxylic acid groups (broad SMARTS) is 1. The van der Waals surface area contributed by atoms with Crippen LogP contribution < -0.4 is 5.32 Å². The Kier molecular flexibility index (Phi) is 6.68. The van der Waals surface area contributed by atoms with Crippen LogP contribution in [0.4, 0.5) is 4.79 Å². The van der Waals surface area contributed by atoms with Gasteiger partial charge in [0.25, 0.3) is 0 Å². The molecule has 118 valence electrons. The number of nitrogens with one attached hydrogen (secondary N) is 1. The second-order valence-corrected chi connectivity index (χ2v) is 6.74. The summed E-state index contributed by atoms with van der Waals surface area (Å²) in [6.07, 6.45) is 0.554. The number of rotatable bonds is 7. The van der Waals surface area contributed by atoms with Gasteiger partial charge in [-0.1, -0.05) is 0 Å². The molecule has 2 amide bonds. The lowest BCUT2D eigenvalue weighted by atomic mass is 10.2. The second-order valence-electron chi connectivity index (χ2n) is 5.40. The van der Waals surface area contributed by atoms with Gasteiger partial charge in [0.2, 0.25) is 0 Å². The standard InChI is InChI=1S/C15H24N2O3S/c1-10(2)17(7-5-6-14(18)19)15(20)16-9-13-8-11(3)12(4)21-13/h8,10H,5-7,9H2,1-4H3,(H,16,20)(H,18,19). The molecule has 0 atom stereocenters. The number of carboxylic acids is 1. The van der Waals surface area contributed by atoms with Gasteiger partial charge in [-0.15, -0.1) is 11.3 Å². The first kappa shape index (κ1) is 17.5. The van der Waals surface area contributed by atoms with Gasteiger partial charge in [-0.05, 0) is 45.7 Å². The molecule has 6 heteroatoms. The molecule has 0 aliphatic rings. The van der Waals surface area contributed by atoms with E-state index in [4.69, 9.17) is 5.11 Å². The minimum Gasteiger partial charge on any atom is -0.481 e. The smallest absolute Gasteiger partial charge is 0.317 e. The molecular formula is C15H24N2O3S. The Labute approximate surface area is 130 Å². The van der Waals surface area contributed by atoms with Crippen LogP contribution in [0.1, 0.15) is 42.0 Å². The van der Waals surface area contributed by atoms with Crippen molar-refractivity contribution in [1.29, 1.82) is 0 Å². The van der Waals surface area contributed by atoms with Crippen molar-refractivity contribution >= 4 is 23.3 Å². The molecular weight excluding hydrogens is 288 g/mol. The highest BCUT2D eigenvalue weighted by Gasteiger charge is 2.17. The SMILES string of the molecule is Cc1cc(CNC(=O)N(CCCC(=O)O)C(C)C)sc1C. The van der Waals surface area contributed by atoms with Crippen LogP contribution in [-0.4, -0.2) is 34.6 Å². The van der Waals surface area contributed by atoms with Gasteiger partial charge in [-0.2, -0.15) is 0 Å². The molecule has 0 spiro atoms. The van der Waals surface area contributed by atoms with Gasteiger partial charge in [0.15, 0.2) is 0 Å². The number of aryl methyl sites for hydroxylation is 2. The van der Waals surface area contributed by atoms with E-state index < -0.39 is 5.97 Å². The maximum atomic E-state index is 12.2. The summed E-state index contributed by atoms with van der Waals surface area (Å²) in [5.41, 5.74) is 1.24. The van der Waals surface area contributed by atoms with Gasteiger partial charge in [-0.3, -0.25) is 4.79 Å². The molecule has 0 aliphatic heterocycles. The van der Waals surface area contributed by atoms with Crippen molar-refractivity contribution in [2.24, 2.45) is 0 Å². The summed E-state index contributed by atoms with van der Waals surface area (Å²) in [6.45, 7) is 8.96. The van der Waals surface area contributed by atoms with Crippen molar-refractivity contribution in [3.05, 3.63) is 21.4 Å². The van der Waals surface area contributed by atoms with E-state index in [1.54, 1.807) is 16.2 Å². The van der Waals surface area contributed by atoms with Gasteiger partial charge >= 0.3 is 12.0 Å². The maximum absolute atomic E-state index is 12.2. The summed E-state index contributed by atoms with van der Waals surface area (Å²) in [5.74, 6) is -0.830. The van der Waals surface area contributed by atoms with Crippen LogP contribution in [0, 0.1) is 13.8 Å². The summed E-state index contributed by atoms with van der Waals surface area (Å²) in [5, 5.41) is 11.6. The number of thiophene rings is 1. The van der Waals surface area contributed by atoms with Crippen LogP contribution in [0.5, 0.6) is 0 Å². The third-order valence-electron chi connectivity index (χ3n) is 3.30. The van der Waals surface area contributed by atoms with E-state index >= 15 is 0 Å². The zero-order valence-electron chi connectivity index (χ0n) is 13.1. The number of aliphatic carboxylic acids is 1. The number of nitrogens with zero attached hydrogens (tertiary/aromatic N) is 1. The van der Waals surface area contributed by atoms with E-state index in [0.717, 1.165) is 4.88 Å². The monoisotopic (exact) mass is 312 g/mol. The Morgan fingerprint density at radius 3 is 2.52 bits per heavy atom. The molecule has 2 N–H and O–H groups in total. The van der Waals surface area contributed by atoms with Crippen molar-refractivity contribution in [3.63, 3.8) is 0 Å². The summed E-state index contributed by atoms with van der Waals surface area (Å²) in [7, 11) is 0. The predicted molar refractivity (Wildman–Crippen MR) is 84.7 cm³/mol. The minimum absolute atomic E-state index is 0.0469. The molecule has 1 aromatic heterocycles. The Bertz CT molecular complexity index is 478. The van der Waals surface area contributed by atoms with Gasteiger partial charge in [0.05, 0.1) is 6.54 Å². The topological polar surface area (TPSA) is 69.6 Å². The van der Waals surface area contributed by atoms with E-state index in [0.29, 0.717) is 19.5 Å². The molecule has 0 saturated carbocycles. The first-order valence-electron chi connectivity index (χ1n) is 7.13. The average molecular weight is 312 g/mol. The molecule has 0 radical (unpaired) electrons. The lowest BCUT2D eigenvalue weighted by molar-refractivity contribution is -0.137. The molecule has 21 heavy (non-hydrogen) atoms. The third kappa shape index (κ3) is 5.75. The molecule has 1 heterocycles. The number of hydrogen-bond acceptors (Lipinski definition) is 3. The van der Waals surface area contributed by atoms with Crippen molar-refractivity contribution < 1.29 is 14.7 Å². The molecule has 0 fully saturated rings. The van der Waals surface area contributed by atoms with Crippen molar-refractivity contribution in [3.8, 4) is 0 Å². The van der Waals surface area contributed by atoms with Gasteiger partial charge < -0.3 is 15.3 Å². The van der Waals surface area contributed by atoms with Crippen LogP contribution in [0.3, 0.4) is 0 Å². The summed E-state index contributed by atoms with van der Waals surface area (Å²) in [6, 6.07) is 1.99. The predicted octanol–water partition coefficient (Wildman–Crippen LogP) is 3.15. The lowest BCUT2D eigenvalue weighted by Crippen LogP contribution is -2.44. The Hall–Kier alpha value is -1.56. The molecule has 0 bridgehead atoms. The highest BCUT2D eigenvalue weighted by atomic mass is 32.1. The van der Waals surface area contributed by atoms with Crippen LogP contribution in [-0.2, 0) is 11.3 Å². The van der Waals surface area contributed by atoms with Gasteiger partial charge in [0, 0.05) is 28.8 Å². The van der Waals surface area contributed by atoms with Gasteiger partial charge in [-0.25, -0.2) is 4.79 Å². The molecule has 1 aromatic rings. The van der Waals surface area contributed by atoms with E-state index in [1.807, 2.05) is 13.8 Å². The molecule has 1 rings (SSSR count). The first-order chi connectivity index (χ1) is 9.81. The van der Waals surface area contributed by atoms with E-state index in [-0.39, 0.29) is 18.5 Å². The van der Waals surface area contributed by atoms with Crippen molar-refractivity contribution in [2.45, 2.75) is 53.1 Å². The third-order valence-corrected chi connectivity index (χ3v) is 4.46.